The lowest BCUT2D eigenvalue weighted by Crippen LogP contribution is -2.39. The molecular weight excluding hydrogens is 364 g/mol. The molecule has 13 heteroatoms. The van der Waals surface area contributed by atoms with E-state index in [0.29, 0.717) is 12.0 Å². The van der Waals surface area contributed by atoms with Gasteiger partial charge in [-0.05, 0) is 0 Å². The first-order chi connectivity index (χ1) is 11.7. The van der Waals surface area contributed by atoms with Crippen LogP contribution in [0.3, 0.4) is 0 Å². The third kappa shape index (κ3) is 3.44. The normalized spacial score (nSPS) is 29.6. The maximum Gasteiger partial charge on any atom is 0.560 e. The third-order valence-corrected chi connectivity index (χ3v) is 4.88. The third-order valence-electron chi connectivity index (χ3n) is 3.92. The smallest absolute Gasteiger partial charge is 0.293 e. The van der Waals surface area contributed by atoms with Crippen LogP contribution in [-0.4, -0.2) is 50.4 Å². The van der Waals surface area contributed by atoms with Gasteiger partial charge in [0.05, 0.1) is 17.8 Å². The molecule has 0 aromatic carbocycles. The van der Waals surface area contributed by atoms with Gasteiger partial charge in [-0.15, -0.1) is 4.33 Å². The van der Waals surface area contributed by atoms with Crippen molar-refractivity contribution in [2.45, 2.75) is 26.0 Å². The van der Waals surface area contributed by atoms with Gasteiger partial charge in [-0.2, -0.15) is 4.79 Å². The Hall–Kier alpha value is -2.22. The summed E-state index contributed by atoms with van der Waals surface area (Å²) in [6.45, 7) is 4.32. The van der Waals surface area contributed by atoms with E-state index in [0.717, 1.165) is 0 Å². The zero-order valence-corrected chi connectivity index (χ0v) is 14.1. The summed E-state index contributed by atoms with van der Waals surface area (Å²) >= 11 is 0.334. The van der Waals surface area contributed by atoms with Crippen LogP contribution in [-0.2, 0) is 38.2 Å². The van der Waals surface area contributed by atoms with Crippen LogP contribution < -0.4 is 0 Å². The molecule has 138 valence electrons. The minimum atomic E-state index is -1.61. The molecule has 0 radical (unpaired) electrons. The standard InChI is InChI=1S/C12H14N2O10S/c1-4-5(2)9(16)13(8(4)15)21-12(19)22-14-10(17)6(3)7(11(14)18)25-24-23-20/h4-7,20H,1-3H3. The summed E-state index contributed by atoms with van der Waals surface area (Å²) in [7, 11) is 0. The molecule has 2 aliphatic rings. The Kier molecular flexibility index (Phi) is 5.62. The van der Waals surface area contributed by atoms with Crippen molar-refractivity contribution in [2.24, 2.45) is 17.8 Å². The van der Waals surface area contributed by atoms with Crippen molar-refractivity contribution < 1.29 is 48.3 Å². The van der Waals surface area contributed by atoms with E-state index in [1.54, 1.807) is 0 Å². The first-order valence-electron chi connectivity index (χ1n) is 6.99. The first kappa shape index (κ1) is 19.1. The molecule has 0 bridgehead atoms. The molecule has 1 N–H and O–H groups in total. The number of hydroxylamine groups is 4. The van der Waals surface area contributed by atoms with Gasteiger partial charge in [0.2, 0.25) is 0 Å². The topological polar surface area (TPSA) is 149 Å². The molecule has 0 aromatic rings. The van der Waals surface area contributed by atoms with Crippen molar-refractivity contribution in [1.82, 2.24) is 10.1 Å². The van der Waals surface area contributed by atoms with Gasteiger partial charge in [-0.1, -0.05) is 35.9 Å². The van der Waals surface area contributed by atoms with E-state index < -0.39 is 52.8 Å². The highest BCUT2D eigenvalue weighted by Gasteiger charge is 2.50. The second-order valence-corrected chi connectivity index (χ2v) is 6.24. The molecule has 25 heavy (non-hydrogen) atoms. The molecule has 4 amide bonds. The molecular formula is C12H14N2O10S. The summed E-state index contributed by atoms with van der Waals surface area (Å²) in [6.07, 6.45) is -1.61. The van der Waals surface area contributed by atoms with E-state index in [1.165, 1.54) is 20.8 Å². The molecule has 2 saturated heterocycles. The van der Waals surface area contributed by atoms with Gasteiger partial charge in [-0.25, -0.2) is 5.26 Å². The molecule has 0 aromatic heterocycles. The van der Waals surface area contributed by atoms with Crippen molar-refractivity contribution in [2.75, 3.05) is 0 Å². The summed E-state index contributed by atoms with van der Waals surface area (Å²) < 4.78 is 4.12. The van der Waals surface area contributed by atoms with Gasteiger partial charge in [0.25, 0.3) is 23.6 Å². The van der Waals surface area contributed by atoms with Crippen LogP contribution in [0.1, 0.15) is 20.8 Å². The maximum absolute atomic E-state index is 12.0. The summed E-state index contributed by atoms with van der Waals surface area (Å²) in [5.41, 5.74) is 0. The van der Waals surface area contributed by atoms with Crippen LogP contribution in [0.25, 0.3) is 0 Å². The fraction of sp³-hybridized carbons (Fsp3) is 0.583. The first-order valence-corrected chi connectivity index (χ1v) is 7.80. The zero-order chi connectivity index (χ0) is 18.9. The van der Waals surface area contributed by atoms with Gasteiger partial charge >= 0.3 is 6.16 Å². The lowest BCUT2D eigenvalue weighted by atomic mass is 10.00. The Morgan fingerprint density at radius 1 is 0.880 bits per heavy atom. The molecule has 2 aliphatic heterocycles. The molecule has 4 atom stereocenters. The maximum atomic E-state index is 12.0. The Labute approximate surface area is 144 Å². The average molecular weight is 378 g/mol. The van der Waals surface area contributed by atoms with E-state index in [2.05, 4.69) is 19.0 Å². The Bertz CT molecular complexity index is 605. The number of imide groups is 2. The molecule has 0 aliphatic carbocycles. The molecule has 2 rings (SSSR count). The van der Waals surface area contributed by atoms with E-state index in [9.17, 15) is 24.0 Å². The van der Waals surface area contributed by atoms with Gasteiger partial charge in [0, 0.05) is 12.0 Å². The second-order valence-electron chi connectivity index (χ2n) is 5.40. The minimum Gasteiger partial charge on any atom is -0.293 e. The minimum absolute atomic E-state index is 0.128. The van der Waals surface area contributed by atoms with Crippen LogP contribution in [0.4, 0.5) is 4.79 Å². The number of hydrogen-bond acceptors (Lipinski definition) is 11. The molecule has 0 spiro atoms. The van der Waals surface area contributed by atoms with E-state index in [1.807, 2.05) is 0 Å². The summed E-state index contributed by atoms with van der Waals surface area (Å²) in [5, 5.41) is 10.7. The summed E-state index contributed by atoms with van der Waals surface area (Å²) in [6, 6.07) is 0. The largest absolute Gasteiger partial charge is 0.560 e. The van der Waals surface area contributed by atoms with Gasteiger partial charge in [-0.3, -0.25) is 28.9 Å². The van der Waals surface area contributed by atoms with Crippen LogP contribution in [0.5, 0.6) is 0 Å². The zero-order valence-electron chi connectivity index (χ0n) is 13.2. The van der Waals surface area contributed by atoms with E-state index in [4.69, 9.17) is 5.26 Å². The fourth-order valence-electron chi connectivity index (χ4n) is 2.19. The summed E-state index contributed by atoms with van der Waals surface area (Å²) in [4.78, 5) is 68.4. The second kappa shape index (κ2) is 7.35. The highest BCUT2D eigenvalue weighted by atomic mass is 32.2. The number of carbonyl (C=O) groups excluding carboxylic acids is 5. The van der Waals surface area contributed by atoms with Crippen LogP contribution in [0.15, 0.2) is 0 Å². The highest BCUT2D eigenvalue weighted by molar-refractivity contribution is 7.96. The van der Waals surface area contributed by atoms with E-state index in [-0.39, 0.29) is 10.1 Å². The number of nitrogens with zero attached hydrogens (tertiary/aromatic N) is 2. The lowest BCUT2D eigenvalue weighted by Gasteiger charge is -2.16. The highest BCUT2D eigenvalue weighted by Crippen LogP contribution is 2.31. The predicted octanol–water partition coefficient (Wildman–Crippen LogP) is 0.0535. The molecule has 0 saturated carbocycles. The summed E-state index contributed by atoms with van der Waals surface area (Å²) in [5.74, 6) is -5.69. The van der Waals surface area contributed by atoms with Crippen molar-refractivity contribution in [3.8, 4) is 0 Å². The Morgan fingerprint density at radius 2 is 1.32 bits per heavy atom. The number of hydrogen-bond donors (Lipinski definition) is 1. The molecule has 2 heterocycles. The number of rotatable bonds is 5. The molecule has 2 fully saturated rings. The van der Waals surface area contributed by atoms with Crippen molar-refractivity contribution >= 4 is 41.8 Å². The molecule has 4 unspecified atom stereocenters. The SMILES string of the molecule is CC1C(=O)N(OC(=O)ON2C(=O)C(C)C(SOOO)C2=O)C(=O)C1C. The predicted molar refractivity (Wildman–Crippen MR) is 74.9 cm³/mol. The van der Waals surface area contributed by atoms with Crippen LogP contribution in [0.2, 0.25) is 0 Å². The van der Waals surface area contributed by atoms with Crippen LogP contribution >= 0.6 is 12.0 Å². The Morgan fingerprint density at radius 3 is 1.80 bits per heavy atom. The van der Waals surface area contributed by atoms with Gasteiger partial charge in [0.15, 0.2) is 0 Å². The number of carbonyl (C=O) groups is 5. The number of amides is 4. The quantitative estimate of drug-likeness (QED) is 0.299. The van der Waals surface area contributed by atoms with E-state index >= 15 is 0 Å². The van der Waals surface area contributed by atoms with Crippen molar-refractivity contribution in [3.05, 3.63) is 0 Å². The fourth-order valence-corrected chi connectivity index (χ4v) is 2.77. The molecule has 12 nitrogen and oxygen atoms in total. The Balaban J connectivity index is 2.01. The monoisotopic (exact) mass is 378 g/mol. The van der Waals surface area contributed by atoms with Crippen molar-refractivity contribution in [3.63, 3.8) is 0 Å². The van der Waals surface area contributed by atoms with Crippen molar-refractivity contribution in [1.29, 1.82) is 0 Å². The lowest BCUT2D eigenvalue weighted by molar-refractivity contribution is -0.432. The average Bonchev–Trinajstić information content (AvgIpc) is 2.88. The van der Waals surface area contributed by atoms with Gasteiger partial charge < -0.3 is 0 Å². The van der Waals surface area contributed by atoms with Gasteiger partial charge in [0.1, 0.15) is 5.25 Å². The van der Waals surface area contributed by atoms with Crippen LogP contribution in [0, 0.1) is 17.8 Å².